The molecule has 0 fully saturated rings. The van der Waals surface area contributed by atoms with Gasteiger partial charge in [0.1, 0.15) is 5.52 Å². The largest absolute Gasteiger partial charge is 0.436 e. The summed E-state index contributed by atoms with van der Waals surface area (Å²) < 4.78 is 11.3. The molecule has 5 heteroatoms. The van der Waals surface area contributed by atoms with E-state index in [-0.39, 0.29) is 0 Å². The summed E-state index contributed by atoms with van der Waals surface area (Å²) in [5, 5.41) is 9.86. The van der Waals surface area contributed by atoms with E-state index >= 15 is 0 Å². The number of oxazole rings is 1. The third kappa shape index (κ3) is 4.98. The lowest BCUT2D eigenvalue weighted by Crippen LogP contribution is -2.11. The van der Waals surface area contributed by atoms with Gasteiger partial charge in [-0.3, -0.25) is 0 Å². The molecule has 14 rings (SSSR count). The standard InChI is InChI=1S/C59H36N4O/c1-3-14-37(15-4-1)38-28-32-42(33-29-38)61(43-34-30-40(31-35-43)59-60-48-24-8-10-27-53(48)64-59)51-36-52-55(46-20-7-9-25-49(46)62(52)41-18-5-2-6-19-41)58-56(51)47-23-13-22-45-44-21-11-16-39-17-12-26-50(54(39)44)63(58)57(45)47/h1-36H. The summed E-state index contributed by atoms with van der Waals surface area (Å²) in [6, 6.07) is 78.7. The van der Waals surface area contributed by atoms with Crippen molar-refractivity contribution in [1.82, 2.24) is 14.0 Å². The van der Waals surface area contributed by atoms with Crippen LogP contribution < -0.4 is 4.90 Å². The van der Waals surface area contributed by atoms with Gasteiger partial charge in [0, 0.05) is 54.9 Å². The Morgan fingerprint density at radius 1 is 0.406 bits per heavy atom. The van der Waals surface area contributed by atoms with Crippen LogP contribution in [0.3, 0.4) is 0 Å². The lowest BCUT2D eigenvalue weighted by atomic mass is 9.99. The van der Waals surface area contributed by atoms with E-state index < -0.39 is 0 Å². The van der Waals surface area contributed by atoms with Crippen LogP contribution in [-0.4, -0.2) is 14.0 Å². The van der Waals surface area contributed by atoms with Crippen molar-refractivity contribution in [1.29, 1.82) is 0 Å². The highest BCUT2D eigenvalue weighted by Crippen LogP contribution is 2.51. The molecule has 5 nitrogen and oxygen atoms in total. The molecule has 0 atom stereocenters. The first-order valence-corrected chi connectivity index (χ1v) is 21.8. The summed E-state index contributed by atoms with van der Waals surface area (Å²) in [5.74, 6) is 0.602. The lowest BCUT2D eigenvalue weighted by Gasteiger charge is -2.27. The summed E-state index contributed by atoms with van der Waals surface area (Å²) >= 11 is 0. The highest BCUT2D eigenvalue weighted by Gasteiger charge is 2.28. The van der Waals surface area contributed by atoms with Crippen molar-refractivity contribution in [3.05, 3.63) is 218 Å². The molecule has 0 amide bonds. The predicted octanol–water partition coefficient (Wildman–Crippen LogP) is 16.0. The number of anilines is 3. The predicted molar refractivity (Wildman–Crippen MR) is 266 cm³/mol. The van der Waals surface area contributed by atoms with Gasteiger partial charge in [0.05, 0.1) is 33.3 Å². The second-order valence-electron chi connectivity index (χ2n) is 16.7. The van der Waals surface area contributed by atoms with Crippen LogP contribution in [0.15, 0.2) is 223 Å². The highest BCUT2D eigenvalue weighted by atomic mass is 16.3. The van der Waals surface area contributed by atoms with Gasteiger partial charge in [0.25, 0.3) is 0 Å². The molecule has 4 aromatic heterocycles. The Balaban J connectivity index is 1.15. The number of para-hydroxylation sites is 5. The molecule has 0 bridgehead atoms. The number of benzene rings is 10. The first-order chi connectivity index (χ1) is 31.8. The minimum Gasteiger partial charge on any atom is -0.436 e. The second kappa shape index (κ2) is 13.4. The zero-order valence-electron chi connectivity index (χ0n) is 34.5. The van der Waals surface area contributed by atoms with Crippen molar-refractivity contribution in [2.75, 3.05) is 4.90 Å². The molecule has 0 saturated carbocycles. The molecule has 0 aliphatic heterocycles. The number of fused-ring (bicyclic) bond motifs is 10. The zero-order chi connectivity index (χ0) is 41.9. The Kier molecular flexibility index (Phi) is 7.33. The van der Waals surface area contributed by atoms with Crippen LogP contribution in [0.1, 0.15) is 0 Å². The first-order valence-electron chi connectivity index (χ1n) is 21.8. The van der Waals surface area contributed by atoms with Gasteiger partial charge in [0.15, 0.2) is 5.58 Å². The number of aromatic nitrogens is 3. The third-order valence-corrected chi connectivity index (χ3v) is 13.2. The molecule has 14 aromatic rings. The van der Waals surface area contributed by atoms with E-state index in [9.17, 15) is 0 Å². The average molecular weight is 817 g/mol. The van der Waals surface area contributed by atoms with Gasteiger partial charge in [-0.2, -0.15) is 0 Å². The molecule has 0 saturated heterocycles. The summed E-state index contributed by atoms with van der Waals surface area (Å²) in [5.41, 5.74) is 15.1. The van der Waals surface area contributed by atoms with Gasteiger partial charge >= 0.3 is 0 Å². The Morgan fingerprint density at radius 3 is 1.81 bits per heavy atom. The molecular weight excluding hydrogens is 781 g/mol. The van der Waals surface area contributed by atoms with Gasteiger partial charge in [-0.15, -0.1) is 0 Å². The summed E-state index contributed by atoms with van der Waals surface area (Å²) in [6.45, 7) is 0. The molecule has 0 spiro atoms. The van der Waals surface area contributed by atoms with Crippen molar-refractivity contribution in [2.45, 2.75) is 0 Å². The summed E-state index contributed by atoms with van der Waals surface area (Å²) in [7, 11) is 0. The fourth-order valence-electron chi connectivity index (χ4n) is 10.5. The number of rotatable bonds is 6. The summed E-state index contributed by atoms with van der Waals surface area (Å²) in [4.78, 5) is 7.30. The van der Waals surface area contributed by atoms with E-state index in [1.165, 1.54) is 70.8 Å². The molecular formula is C59H36N4O. The number of nitrogens with zero attached hydrogens (tertiary/aromatic N) is 4. The van der Waals surface area contributed by atoms with E-state index in [2.05, 4.69) is 208 Å². The lowest BCUT2D eigenvalue weighted by molar-refractivity contribution is 0.620. The fraction of sp³-hybridized carbons (Fsp3) is 0. The molecule has 0 N–H and O–H groups in total. The molecule has 64 heavy (non-hydrogen) atoms. The van der Waals surface area contributed by atoms with Crippen molar-refractivity contribution >= 4 is 98.8 Å². The van der Waals surface area contributed by atoms with Gasteiger partial charge < -0.3 is 18.3 Å². The van der Waals surface area contributed by atoms with Crippen molar-refractivity contribution in [3.8, 4) is 28.3 Å². The molecule has 0 radical (unpaired) electrons. The molecule has 298 valence electrons. The van der Waals surface area contributed by atoms with Crippen LogP contribution in [0.2, 0.25) is 0 Å². The first kappa shape index (κ1) is 35.0. The Labute approximate surface area is 367 Å². The minimum atomic E-state index is 0.602. The Morgan fingerprint density at radius 2 is 1.02 bits per heavy atom. The van der Waals surface area contributed by atoms with Crippen LogP contribution >= 0.6 is 0 Å². The number of pyridine rings is 1. The van der Waals surface area contributed by atoms with Crippen LogP contribution in [0.4, 0.5) is 17.1 Å². The fourth-order valence-corrected chi connectivity index (χ4v) is 10.5. The smallest absolute Gasteiger partial charge is 0.227 e. The minimum absolute atomic E-state index is 0.602. The highest BCUT2D eigenvalue weighted by molar-refractivity contribution is 6.35. The maximum absolute atomic E-state index is 6.27. The third-order valence-electron chi connectivity index (χ3n) is 13.2. The van der Waals surface area contributed by atoms with Gasteiger partial charge in [-0.1, -0.05) is 140 Å². The maximum atomic E-state index is 6.27. The normalized spacial score (nSPS) is 12.1. The number of hydrogen-bond acceptors (Lipinski definition) is 3. The van der Waals surface area contributed by atoms with Gasteiger partial charge in [0.2, 0.25) is 5.89 Å². The van der Waals surface area contributed by atoms with E-state index in [0.717, 1.165) is 50.4 Å². The average Bonchev–Trinajstić information content (AvgIpc) is 4.05. The van der Waals surface area contributed by atoms with E-state index in [1.807, 2.05) is 24.3 Å². The molecule has 0 aliphatic carbocycles. The van der Waals surface area contributed by atoms with E-state index in [1.54, 1.807) is 0 Å². The van der Waals surface area contributed by atoms with Crippen molar-refractivity contribution in [3.63, 3.8) is 0 Å². The van der Waals surface area contributed by atoms with Crippen LogP contribution in [-0.2, 0) is 0 Å². The maximum Gasteiger partial charge on any atom is 0.227 e. The van der Waals surface area contributed by atoms with Crippen molar-refractivity contribution < 1.29 is 4.42 Å². The van der Waals surface area contributed by atoms with Crippen molar-refractivity contribution in [2.24, 2.45) is 0 Å². The molecule has 0 unspecified atom stereocenters. The monoisotopic (exact) mass is 816 g/mol. The van der Waals surface area contributed by atoms with E-state index in [0.29, 0.717) is 5.89 Å². The molecule has 10 aromatic carbocycles. The Bertz CT molecular complexity index is 4070. The SMILES string of the molecule is c1ccc(-c2ccc(N(c3ccc(-c4nc5ccccc5o4)cc3)c3cc4c(c5ccccc5n4-c4ccccc4)c4c3c3cccc5c6cccc7cccc(c76)n4c53)cc2)cc1. The van der Waals surface area contributed by atoms with Gasteiger partial charge in [-0.05, 0) is 101 Å². The van der Waals surface area contributed by atoms with Crippen LogP contribution in [0.5, 0.6) is 0 Å². The van der Waals surface area contributed by atoms with Gasteiger partial charge in [-0.25, -0.2) is 4.98 Å². The topological polar surface area (TPSA) is 38.6 Å². The second-order valence-corrected chi connectivity index (χ2v) is 16.7. The number of hydrogen-bond donors (Lipinski definition) is 0. The van der Waals surface area contributed by atoms with Crippen LogP contribution in [0, 0.1) is 0 Å². The Hall–Kier alpha value is -8.67. The summed E-state index contributed by atoms with van der Waals surface area (Å²) in [6.07, 6.45) is 0. The zero-order valence-corrected chi connectivity index (χ0v) is 34.5. The molecule has 0 aliphatic rings. The van der Waals surface area contributed by atoms with Crippen LogP contribution in [0.25, 0.3) is 110 Å². The van der Waals surface area contributed by atoms with E-state index in [4.69, 9.17) is 9.40 Å². The quantitative estimate of drug-likeness (QED) is 0.124. The molecule has 4 heterocycles.